The van der Waals surface area contributed by atoms with Gasteiger partial charge in [-0.25, -0.2) is 0 Å². The van der Waals surface area contributed by atoms with Gasteiger partial charge in [0.05, 0.1) is 12.7 Å². The summed E-state index contributed by atoms with van der Waals surface area (Å²) in [5.74, 6) is 0.110. The standard InChI is InChI=1S/C19H19N3O3/c1-2-25-16-9-7-14(8-10-16)19(24)21-13-15-5-3-4-6-17(15)22-18(23)11-12-20/h3-10H,2,11,13H2,1H3,(H,21,24)(H,22,23). The van der Waals surface area contributed by atoms with Crippen molar-refractivity contribution in [2.45, 2.75) is 19.9 Å². The van der Waals surface area contributed by atoms with Crippen LogP contribution in [0.1, 0.15) is 29.3 Å². The molecule has 0 saturated carbocycles. The van der Waals surface area contributed by atoms with Gasteiger partial charge in [-0.05, 0) is 42.8 Å². The van der Waals surface area contributed by atoms with E-state index in [4.69, 9.17) is 10.00 Å². The highest BCUT2D eigenvalue weighted by Crippen LogP contribution is 2.16. The first kappa shape index (κ1) is 18.0. The van der Waals surface area contributed by atoms with Crippen LogP contribution < -0.4 is 15.4 Å². The number of nitrogens with one attached hydrogen (secondary N) is 2. The van der Waals surface area contributed by atoms with Gasteiger partial charge in [0.1, 0.15) is 12.2 Å². The summed E-state index contributed by atoms with van der Waals surface area (Å²) in [4.78, 5) is 23.8. The van der Waals surface area contributed by atoms with E-state index < -0.39 is 0 Å². The molecule has 0 aromatic heterocycles. The molecule has 0 fully saturated rings. The molecule has 0 aliphatic rings. The van der Waals surface area contributed by atoms with Crippen molar-refractivity contribution < 1.29 is 14.3 Å². The second-order valence-electron chi connectivity index (χ2n) is 5.18. The number of anilines is 1. The van der Waals surface area contributed by atoms with Crippen molar-refractivity contribution in [1.29, 1.82) is 5.26 Å². The number of rotatable bonds is 7. The van der Waals surface area contributed by atoms with Crippen LogP contribution in [0.25, 0.3) is 0 Å². The molecule has 2 aromatic carbocycles. The van der Waals surface area contributed by atoms with Gasteiger partial charge in [0, 0.05) is 17.8 Å². The molecule has 0 aliphatic carbocycles. The Morgan fingerprint density at radius 2 is 1.84 bits per heavy atom. The van der Waals surface area contributed by atoms with Crippen LogP contribution in [0.3, 0.4) is 0 Å². The Kier molecular flexibility index (Phi) is 6.55. The van der Waals surface area contributed by atoms with Crippen LogP contribution in [0.2, 0.25) is 0 Å². The molecular weight excluding hydrogens is 318 g/mol. The predicted molar refractivity (Wildman–Crippen MR) is 94.1 cm³/mol. The van der Waals surface area contributed by atoms with Crippen molar-refractivity contribution in [1.82, 2.24) is 5.32 Å². The van der Waals surface area contributed by atoms with Gasteiger partial charge in [0.2, 0.25) is 5.91 Å². The quantitative estimate of drug-likeness (QED) is 0.813. The maximum absolute atomic E-state index is 12.2. The molecule has 0 spiro atoms. The molecule has 0 bridgehead atoms. The van der Waals surface area contributed by atoms with Crippen LogP contribution in [0, 0.1) is 11.3 Å². The molecule has 6 heteroatoms. The van der Waals surface area contributed by atoms with Crippen LogP contribution in [-0.2, 0) is 11.3 Å². The zero-order valence-corrected chi connectivity index (χ0v) is 13.9. The minimum Gasteiger partial charge on any atom is -0.494 e. The summed E-state index contributed by atoms with van der Waals surface area (Å²) in [7, 11) is 0. The third-order valence-corrected chi connectivity index (χ3v) is 3.40. The lowest BCUT2D eigenvalue weighted by molar-refractivity contribution is -0.115. The summed E-state index contributed by atoms with van der Waals surface area (Å²) in [6.07, 6.45) is -0.215. The number of hydrogen-bond acceptors (Lipinski definition) is 4. The molecule has 0 saturated heterocycles. The van der Waals surface area contributed by atoms with E-state index in [0.29, 0.717) is 23.6 Å². The number of ether oxygens (including phenoxy) is 1. The van der Waals surface area contributed by atoms with Gasteiger partial charge in [-0.15, -0.1) is 0 Å². The van der Waals surface area contributed by atoms with Gasteiger partial charge in [-0.2, -0.15) is 5.26 Å². The molecule has 0 radical (unpaired) electrons. The fourth-order valence-corrected chi connectivity index (χ4v) is 2.21. The fraction of sp³-hybridized carbons (Fsp3) is 0.211. The number of carbonyl (C=O) groups is 2. The zero-order valence-electron chi connectivity index (χ0n) is 13.9. The van der Waals surface area contributed by atoms with Crippen LogP contribution in [-0.4, -0.2) is 18.4 Å². The SMILES string of the molecule is CCOc1ccc(C(=O)NCc2ccccc2NC(=O)CC#N)cc1. The summed E-state index contributed by atoms with van der Waals surface area (Å²) < 4.78 is 5.35. The molecule has 0 atom stereocenters. The first-order chi connectivity index (χ1) is 12.1. The summed E-state index contributed by atoms with van der Waals surface area (Å²) >= 11 is 0. The number of carbonyl (C=O) groups excluding carboxylic acids is 2. The molecule has 0 heterocycles. The largest absolute Gasteiger partial charge is 0.494 e. The Bertz CT molecular complexity index is 779. The molecule has 2 amide bonds. The molecule has 2 rings (SSSR count). The zero-order chi connectivity index (χ0) is 18.1. The summed E-state index contributed by atoms with van der Waals surface area (Å²) in [5.41, 5.74) is 1.86. The van der Waals surface area contributed by atoms with Gasteiger partial charge in [-0.3, -0.25) is 9.59 Å². The van der Waals surface area contributed by atoms with E-state index in [1.807, 2.05) is 13.0 Å². The Morgan fingerprint density at radius 3 is 2.52 bits per heavy atom. The molecule has 128 valence electrons. The Hall–Kier alpha value is -3.33. The third kappa shape index (κ3) is 5.36. The first-order valence-corrected chi connectivity index (χ1v) is 7.89. The third-order valence-electron chi connectivity index (χ3n) is 3.40. The molecule has 2 N–H and O–H groups in total. The topological polar surface area (TPSA) is 91.2 Å². The van der Waals surface area contributed by atoms with Crippen molar-refractivity contribution in [2.24, 2.45) is 0 Å². The smallest absolute Gasteiger partial charge is 0.251 e. The monoisotopic (exact) mass is 337 g/mol. The highest BCUT2D eigenvalue weighted by molar-refractivity contribution is 5.95. The number of hydrogen-bond donors (Lipinski definition) is 2. The lowest BCUT2D eigenvalue weighted by atomic mass is 10.1. The average Bonchev–Trinajstić information content (AvgIpc) is 2.62. The number of nitrogens with zero attached hydrogens (tertiary/aromatic N) is 1. The second kappa shape index (κ2) is 9.08. The molecule has 2 aromatic rings. The number of para-hydroxylation sites is 1. The van der Waals surface area contributed by atoms with Gasteiger partial charge in [-0.1, -0.05) is 18.2 Å². The van der Waals surface area contributed by atoms with E-state index in [9.17, 15) is 9.59 Å². The van der Waals surface area contributed by atoms with Crippen molar-refractivity contribution in [3.8, 4) is 11.8 Å². The normalized spacial score (nSPS) is 9.76. The van der Waals surface area contributed by atoms with Crippen LogP contribution >= 0.6 is 0 Å². The minimum atomic E-state index is -0.382. The number of benzene rings is 2. The maximum Gasteiger partial charge on any atom is 0.251 e. The molecule has 6 nitrogen and oxygen atoms in total. The summed E-state index contributed by atoms with van der Waals surface area (Å²) in [6, 6.07) is 15.8. The van der Waals surface area contributed by atoms with E-state index in [-0.39, 0.29) is 24.8 Å². The second-order valence-corrected chi connectivity index (χ2v) is 5.18. The molecule has 0 unspecified atom stereocenters. The van der Waals surface area contributed by atoms with Crippen LogP contribution in [0.4, 0.5) is 5.69 Å². The number of nitriles is 1. The fourth-order valence-electron chi connectivity index (χ4n) is 2.21. The van der Waals surface area contributed by atoms with Crippen LogP contribution in [0.15, 0.2) is 48.5 Å². The van der Waals surface area contributed by atoms with Crippen molar-refractivity contribution in [3.05, 3.63) is 59.7 Å². The minimum absolute atomic E-state index is 0.215. The van der Waals surface area contributed by atoms with Gasteiger partial charge in [0.25, 0.3) is 5.91 Å². The van der Waals surface area contributed by atoms with Crippen molar-refractivity contribution in [3.63, 3.8) is 0 Å². The van der Waals surface area contributed by atoms with E-state index in [2.05, 4.69) is 10.6 Å². The molecule has 25 heavy (non-hydrogen) atoms. The van der Waals surface area contributed by atoms with E-state index in [1.165, 1.54) is 0 Å². The van der Waals surface area contributed by atoms with Gasteiger partial charge < -0.3 is 15.4 Å². The van der Waals surface area contributed by atoms with E-state index in [1.54, 1.807) is 48.5 Å². The highest BCUT2D eigenvalue weighted by Gasteiger charge is 2.09. The Balaban J connectivity index is 1.99. The lowest BCUT2D eigenvalue weighted by Crippen LogP contribution is -2.23. The molecule has 0 aliphatic heterocycles. The summed E-state index contributed by atoms with van der Waals surface area (Å²) in [5, 5.41) is 14.0. The molecular formula is C19H19N3O3. The highest BCUT2D eigenvalue weighted by atomic mass is 16.5. The predicted octanol–water partition coefficient (Wildman–Crippen LogP) is 2.87. The van der Waals surface area contributed by atoms with Gasteiger partial charge in [0.15, 0.2) is 0 Å². The average molecular weight is 337 g/mol. The van der Waals surface area contributed by atoms with E-state index >= 15 is 0 Å². The first-order valence-electron chi connectivity index (χ1n) is 7.89. The van der Waals surface area contributed by atoms with Gasteiger partial charge >= 0.3 is 0 Å². The Morgan fingerprint density at radius 1 is 1.12 bits per heavy atom. The van der Waals surface area contributed by atoms with E-state index in [0.717, 1.165) is 5.56 Å². The van der Waals surface area contributed by atoms with Crippen LogP contribution in [0.5, 0.6) is 5.75 Å². The van der Waals surface area contributed by atoms with Crippen molar-refractivity contribution in [2.75, 3.05) is 11.9 Å². The van der Waals surface area contributed by atoms with Crippen molar-refractivity contribution >= 4 is 17.5 Å². The Labute approximate surface area is 146 Å². The maximum atomic E-state index is 12.2. The number of amides is 2. The lowest BCUT2D eigenvalue weighted by Gasteiger charge is -2.11. The summed E-state index contributed by atoms with van der Waals surface area (Å²) in [6.45, 7) is 2.72.